The molecule has 2 aromatic carbocycles. The van der Waals surface area contributed by atoms with Crippen molar-refractivity contribution in [2.24, 2.45) is 0 Å². The molecule has 3 aromatic rings. The number of hydrogen-bond acceptors (Lipinski definition) is 2. The van der Waals surface area contributed by atoms with Crippen LogP contribution in [0, 0.1) is 3.57 Å². The lowest BCUT2D eigenvalue weighted by atomic mass is 10.1. The molecule has 0 saturated carbocycles. The lowest BCUT2D eigenvalue weighted by Crippen LogP contribution is -2.00. The van der Waals surface area contributed by atoms with E-state index in [0.29, 0.717) is 12.1 Å². The van der Waals surface area contributed by atoms with Gasteiger partial charge in [-0.3, -0.25) is 9.48 Å². The second-order valence-electron chi connectivity index (χ2n) is 4.71. The maximum absolute atomic E-state index is 11.3. The van der Waals surface area contributed by atoms with Gasteiger partial charge in [0.2, 0.25) is 0 Å². The van der Waals surface area contributed by atoms with Crippen molar-refractivity contribution in [3.8, 4) is 11.3 Å². The van der Waals surface area contributed by atoms with E-state index in [1.54, 1.807) is 6.20 Å². The van der Waals surface area contributed by atoms with Gasteiger partial charge in [0.1, 0.15) is 5.69 Å². The molecular weight excluding hydrogens is 375 g/mol. The van der Waals surface area contributed by atoms with Crippen LogP contribution in [0.3, 0.4) is 0 Å². The largest absolute Gasteiger partial charge is 0.298 e. The van der Waals surface area contributed by atoms with Crippen molar-refractivity contribution in [2.75, 3.05) is 0 Å². The summed E-state index contributed by atoms with van der Waals surface area (Å²) in [5.41, 5.74) is 3.51. The molecule has 3 rings (SSSR count). The molecule has 1 heterocycles. The molecule has 0 aliphatic heterocycles. The molecule has 0 fully saturated rings. The fourth-order valence-electron chi connectivity index (χ4n) is 2.24. The average Bonchev–Trinajstić information content (AvgIpc) is 2.91. The number of aldehydes is 1. The van der Waals surface area contributed by atoms with Gasteiger partial charge in [-0.25, -0.2) is 0 Å². The Morgan fingerprint density at radius 1 is 1.05 bits per heavy atom. The zero-order valence-electron chi connectivity index (χ0n) is 11.2. The molecule has 0 unspecified atom stereocenters. The van der Waals surface area contributed by atoms with Crippen LogP contribution in [0.2, 0.25) is 0 Å². The molecule has 0 saturated heterocycles. The van der Waals surface area contributed by atoms with Gasteiger partial charge in [0, 0.05) is 15.3 Å². The van der Waals surface area contributed by atoms with Crippen molar-refractivity contribution in [3.63, 3.8) is 0 Å². The summed E-state index contributed by atoms with van der Waals surface area (Å²) in [4.78, 5) is 11.3. The molecule has 0 radical (unpaired) electrons. The number of hydrogen-bond donors (Lipinski definition) is 0. The minimum absolute atomic E-state index is 0.620. The Bertz CT molecular complexity index is 765. The van der Waals surface area contributed by atoms with Crippen molar-refractivity contribution in [3.05, 3.63) is 75.5 Å². The van der Waals surface area contributed by atoms with Gasteiger partial charge >= 0.3 is 0 Å². The summed E-state index contributed by atoms with van der Waals surface area (Å²) in [6, 6.07) is 18.0. The maximum atomic E-state index is 11.3. The lowest BCUT2D eigenvalue weighted by Gasteiger charge is -2.02. The summed E-state index contributed by atoms with van der Waals surface area (Å²) >= 11 is 2.26. The highest BCUT2D eigenvalue weighted by Crippen LogP contribution is 2.26. The number of halogens is 1. The first-order chi connectivity index (χ1) is 10.3. The quantitative estimate of drug-likeness (QED) is 0.500. The molecule has 104 valence electrons. The van der Waals surface area contributed by atoms with E-state index in [1.165, 1.54) is 0 Å². The Hall–Kier alpha value is -1.95. The van der Waals surface area contributed by atoms with Crippen molar-refractivity contribution in [2.45, 2.75) is 6.54 Å². The van der Waals surface area contributed by atoms with E-state index in [-0.39, 0.29) is 0 Å². The summed E-state index contributed by atoms with van der Waals surface area (Å²) in [7, 11) is 0. The molecule has 0 atom stereocenters. The summed E-state index contributed by atoms with van der Waals surface area (Å²) in [5.74, 6) is 0. The number of carbonyl (C=O) groups excluding carboxylic acids is 1. The third kappa shape index (κ3) is 3.05. The first-order valence-electron chi connectivity index (χ1n) is 6.59. The fourth-order valence-corrected chi connectivity index (χ4v) is 2.88. The Labute approximate surface area is 136 Å². The van der Waals surface area contributed by atoms with Gasteiger partial charge in [0.25, 0.3) is 0 Å². The van der Waals surface area contributed by atoms with Crippen molar-refractivity contribution >= 4 is 28.9 Å². The smallest absolute Gasteiger partial charge is 0.153 e. The normalized spacial score (nSPS) is 10.5. The molecule has 0 N–H and O–H groups in total. The third-order valence-electron chi connectivity index (χ3n) is 3.23. The van der Waals surface area contributed by atoms with Crippen molar-refractivity contribution < 1.29 is 4.79 Å². The van der Waals surface area contributed by atoms with E-state index < -0.39 is 0 Å². The maximum Gasteiger partial charge on any atom is 0.153 e. The first kappa shape index (κ1) is 14.0. The number of benzene rings is 2. The molecule has 3 nitrogen and oxygen atoms in total. The topological polar surface area (TPSA) is 34.9 Å². The highest BCUT2D eigenvalue weighted by Gasteiger charge is 2.13. The molecule has 0 bridgehead atoms. The zero-order valence-corrected chi connectivity index (χ0v) is 13.4. The monoisotopic (exact) mass is 388 g/mol. The Kier molecular flexibility index (Phi) is 4.15. The Morgan fingerprint density at radius 3 is 2.48 bits per heavy atom. The van der Waals surface area contributed by atoms with E-state index in [0.717, 1.165) is 26.7 Å². The predicted molar refractivity (Wildman–Crippen MR) is 91.3 cm³/mol. The van der Waals surface area contributed by atoms with Gasteiger partial charge in [0.05, 0.1) is 12.1 Å². The molecule has 4 heteroatoms. The van der Waals surface area contributed by atoms with E-state index in [9.17, 15) is 4.79 Å². The first-order valence-corrected chi connectivity index (χ1v) is 7.67. The van der Waals surface area contributed by atoms with Crippen LogP contribution in [0.5, 0.6) is 0 Å². The van der Waals surface area contributed by atoms with Gasteiger partial charge < -0.3 is 0 Å². The minimum Gasteiger partial charge on any atom is -0.298 e. The number of rotatable bonds is 4. The average molecular weight is 388 g/mol. The number of nitrogens with zero attached hydrogens (tertiary/aromatic N) is 2. The van der Waals surface area contributed by atoms with Crippen LogP contribution in [-0.2, 0) is 6.54 Å². The van der Waals surface area contributed by atoms with Crippen LogP contribution < -0.4 is 0 Å². The fraction of sp³-hybridized carbons (Fsp3) is 0.0588. The van der Waals surface area contributed by atoms with E-state index in [2.05, 4.69) is 27.7 Å². The molecule has 0 spiro atoms. The Balaban J connectivity index is 1.99. The molecule has 1 aromatic heterocycles. The molecule has 0 aliphatic rings. The van der Waals surface area contributed by atoms with Crippen molar-refractivity contribution in [1.29, 1.82) is 0 Å². The second kappa shape index (κ2) is 6.22. The number of aromatic nitrogens is 2. The van der Waals surface area contributed by atoms with Crippen LogP contribution in [0.1, 0.15) is 15.9 Å². The lowest BCUT2D eigenvalue weighted by molar-refractivity contribution is 0.112. The van der Waals surface area contributed by atoms with E-state index in [4.69, 9.17) is 0 Å². The van der Waals surface area contributed by atoms with Crippen LogP contribution in [0.4, 0.5) is 0 Å². The van der Waals surface area contributed by atoms with Crippen LogP contribution >= 0.6 is 22.6 Å². The van der Waals surface area contributed by atoms with Gasteiger partial charge in [-0.05, 0) is 34.2 Å². The summed E-state index contributed by atoms with van der Waals surface area (Å²) in [5, 5.41) is 4.59. The third-order valence-corrected chi connectivity index (χ3v) is 4.17. The second-order valence-corrected chi connectivity index (χ2v) is 5.88. The SMILES string of the molecule is O=Cc1cn(Cc2ccccc2)nc1-c1ccccc1I. The van der Waals surface area contributed by atoms with Gasteiger partial charge in [-0.2, -0.15) is 5.10 Å². The van der Waals surface area contributed by atoms with Gasteiger partial charge in [-0.15, -0.1) is 0 Å². The van der Waals surface area contributed by atoms with Crippen molar-refractivity contribution in [1.82, 2.24) is 9.78 Å². The van der Waals surface area contributed by atoms with E-state index in [1.807, 2.05) is 59.3 Å². The molecule has 0 amide bonds. The molecular formula is C17H13IN2O. The number of carbonyl (C=O) groups is 1. The molecule has 0 aliphatic carbocycles. The minimum atomic E-state index is 0.620. The standard InChI is InChI=1S/C17H13IN2O/c18-16-9-5-4-8-15(16)17-14(12-21)11-20(19-17)10-13-6-2-1-3-7-13/h1-9,11-12H,10H2. The molecule has 21 heavy (non-hydrogen) atoms. The van der Waals surface area contributed by atoms with Crippen LogP contribution in [0.25, 0.3) is 11.3 Å². The van der Waals surface area contributed by atoms with Crippen LogP contribution in [0.15, 0.2) is 60.8 Å². The van der Waals surface area contributed by atoms with Gasteiger partial charge in [-0.1, -0.05) is 48.5 Å². The van der Waals surface area contributed by atoms with Crippen LogP contribution in [-0.4, -0.2) is 16.1 Å². The van der Waals surface area contributed by atoms with E-state index >= 15 is 0 Å². The summed E-state index contributed by atoms with van der Waals surface area (Å²) in [6.07, 6.45) is 2.67. The highest BCUT2D eigenvalue weighted by molar-refractivity contribution is 14.1. The zero-order chi connectivity index (χ0) is 14.7. The Morgan fingerprint density at radius 2 is 1.76 bits per heavy atom. The predicted octanol–water partition coefficient (Wildman–Crippen LogP) is 4.02. The highest BCUT2D eigenvalue weighted by atomic mass is 127. The summed E-state index contributed by atoms with van der Waals surface area (Å²) < 4.78 is 2.90. The summed E-state index contributed by atoms with van der Waals surface area (Å²) in [6.45, 7) is 0.658. The van der Waals surface area contributed by atoms with Gasteiger partial charge in [0.15, 0.2) is 6.29 Å².